The van der Waals surface area contributed by atoms with Crippen molar-refractivity contribution in [1.82, 2.24) is 4.98 Å². The zero-order valence-electron chi connectivity index (χ0n) is 12.3. The number of alkyl halides is 1. The van der Waals surface area contributed by atoms with Crippen molar-refractivity contribution in [3.05, 3.63) is 23.9 Å². The molecule has 1 aromatic heterocycles. The van der Waals surface area contributed by atoms with Crippen LogP contribution in [0.2, 0.25) is 0 Å². The van der Waals surface area contributed by atoms with Gasteiger partial charge in [-0.1, -0.05) is 46.1 Å². The molecular formula is C16H25ClN2. The lowest BCUT2D eigenvalue weighted by atomic mass is 9.83. The van der Waals surface area contributed by atoms with Crippen LogP contribution in [0.5, 0.6) is 0 Å². The number of aromatic nitrogens is 1. The Morgan fingerprint density at radius 2 is 1.89 bits per heavy atom. The monoisotopic (exact) mass is 280 g/mol. The Balaban J connectivity index is 2.10. The molecule has 1 fully saturated rings. The van der Waals surface area contributed by atoms with Gasteiger partial charge in [0.2, 0.25) is 0 Å². The van der Waals surface area contributed by atoms with Gasteiger partial charge in [-0.3, -0.25) is 0 Å². The molecule has 0 spiro atoms. The van der Waals surface area contributed by atoms with E-state index < -0.39 is 0 Å². The number of pyridine rings is 1. The van der Waals surface area contributed by atoms with Crippen molar-refractivity contribution in [2.75, 3.05) is 11.2 Å². The molecule has 1 aliphatic carbocycles. The highest BCUT2D eigenvalue weighted by Crippen LogP contribution is 2.32. The van der Waals surface area contributed by atoms with Crippen LogP contribution in [0.15, 0.2) is 18.3 Å². The first-order valence-electron chi connectivity index (χ1n) is 7.26. The summed E-state index contributed by atoms with van der Waals surface area (Å²) in [5, 5.41) is 3.58. The Bertz CT molecular complexity index is 400. The summed E-state index contributed by atoms with van der Waals surface area (Å²) in [6.07, 6.45) is 8.14. The Labute approximate surface area is 122 Å². The largest absolute Gasteiger partial charge is 0.363 e. The van der Waals surface area contributed by atoms with Gasteiger partial charge in [-0.25, -0.2) is 4.98 Å². The number of halogens is 1. The Hall–Kier alpha value is -0.760. The van der Waals surface area contributed by atoms with Crippen LogP contribution in [-0.2, 0) is 5.41 Å². The van der Waals surface area contributed by atoms with Crippen molar-refractivity contribution in [2.24, 2.45) is 0 Å². The van der Waals surface area contributed by atoms with Gasteiger partial charge < -0.3 is 5.32 Å². The summed E-state index contributed by atoms with van der Waals surface area (Å²) in [4.78, 5) is 4.56. The SMILES string of the molecule is CC(C)(C)c1ccc(NC2(CCl)CCCCC2)nc1. The third kappa shape index (κ3) is 3.62. The molecule has 0 saturated heterocycles. The molecular weight excluding hydrogens is 256 g/mol. The van der Waals surface area contributed by atoms with Crippen molar-refractivity contribution in [3.8, 4) is 0 Å². The van der Waals surface area contributed by atoms with Gasteiger partial charge in [0.05, 0.1) is 5.54 Å². The zero-order valence-corrected chi connectivity index (χ0v) is 13.1. The van der Waals surface area contributed by atoms with Crippen molar-refractivity contribution in [3.63, 3.8) is 0 Å². The number of rotatable bonds is 3. The zero-order chi connectivity index (χ0) is 13.9. The van der Waals surface area contributed by atoms with E-state index in [-0.39, 0.29) is 11.0 Å². The Morgan fingerprint density at radius 3 is 2.37 bits per heavy atom. The molecule has 19 heavy (non-hydrogen) atoms. The van der Waals surface area contributed by atoms with Crippen LogP contribution >= 0.6 is 11.6 Å². The minimum Gasteiger partial charge on any atom is -0.363 e. The topological polar surface area (TPSA) is 24.9 Å². The van der Waals surface area contributed by atoms with Gasteiger partial charge in [-0.15, -0.1) is 11.6 Å². The van der Waals surface area contributed by atoms with Gasteiger partial charge in [0.25, 0.3) is 0 Å². The van der Waals surface area contributed by atoms with Crippen LogP contribution in [-0.4, -0.2) is 16.4 Å². The second-order valence-electron chi connectivity index (χ2n) is 6.78. The molecule has 1 aliphatic rings. The first kappa shape index (κ1) is 14.6. The van der Waals surface area contributed by atoms with Gasteiger partial charge >= 0.3 is 0 Å². The summed E-state index contributed by atoms with van der Waals surface area (Å²) in [6, 6.07) is 4.25. The molecule has 0 atom stereocenters. The number of nitrogens with one attached hydrogen (secondary N) is 1. The molecule has 0 aliphatic heterocycles. The number of hydrogen-bond donors (Lipinski definition) is 1. The van der Waals surface area contributed by atoms with Crippen LogP contribution in [0.3, 0.4) is 0 Å². The van der Waals surface area contributed by atoms with Crippen LogP contribution in [0.25, 0.3) is 0 Å². The predicted octanol–water partition coefficient (Wildman–Crippen LogP) is 4.73. The summed E-state index contributed by atoms with van der Waals surface area (Å²) in [6.45, 7) is 6.62. The fourth-order valence-corrected chi connectivity index (χ4v) is 3.04. The Morgan fingerprint density at radius 1 is 1.21 bits per heavy atom. The van der Waals surface area contributed by atoms with Gasteiger partial charge in [-0.05, 0) is 29.9 Å². The number of nitrogens with zero attached hydrogens (tertiary/aromatic N) is 1. The van der Waals surface area contributed by atoms with Crippen molar-refractivity contribution < 1.29 is 0 Å². The fourth-order valence-electron chi connectivity index (χ4n) is 2.70. The lowest BCUT2D eigenvalue weighted by Crippen LogP contribution is -2.42. The van der Waals surface area contributed by atoms with E-state index in [1.54, 1.807) is 0 Å². The highest BCUT2D eigenvalue weighted by Gasteiger charge is 2.31. The first-order chi connectivity index (χ1) is 8.95. The molecule has 1 saturated carbocycles. The molecule has 1 aromatic rings. The fraction of sp³-hybridized carbons (Fsp3) is 0.688. The smallest absolute Gasteiger partial charge is 0.126 e. The molecule has 3 heteroatoms. The van der Waals surface area contributed by atoms with E-state index >= 15 is 0 Å². The van der Waals surface area contributed by atoms with Gasteiger partial charge in [0, 0.05) is 12.1 Å². The second kappa shape index (κ2) is 5.70. The lowest BCUT2D eigenvalue weighted by Gasteiger charge is -2.37. The van der Waals surface area contributed by atoms with Gasteiger partial charge in [0.15, 0.2) is 0 Å². The summed E-state index contributed by atoms with van der Waals surface area (Å²) in [5.74, 6) is 1.62. The van der Waals surface area contributed by atoms with Crippen LogP contribution in [0.1, 0.15) is 58.4 Å². The summed E-state index contributed by atoms with van der Waals surface area (Å²) < 4.78 is 0. The summed E-state index contributed by atoms with van der Waals surface area (Å²) in [5.41, 5.74) is 1.47. The quantitative estimate of drug-likeness (QED) is 0.810. The highest BCUT2D eigenvalue weighted by molar-refractivity contribution is 6.18. The van der Waals surface area contributed by atoms with Gasteiger partial charge in [0.1, 0.15) is 5.82 Å². The molecule has 0 aromatic carbocycles. The van der Waals surface area contributed by atoms with Crippen molar-refractivity contribution in [2.45, 2.75) is 63.8 Å². The summed E-state index contributed by atoms with van der Waals surface area (Å²) >= 11 is 6.20. The average molecular weight is 281 g/mol. The van der Waals surface area contributed by atoms with E-state index in [9.17, 15) is 0 Å². The Kier molecular flexibility index (Phi) is 4.39. The molecule has 106 valence electrons. The number of anilines is 1. The third-order valence-corrected chi connectivity index (χ3v) is 4.60. The van der Waals surface area contributed by atoms with Crippen LogP contribution in [0, 0.1) is 0 Å². The van der Waals surface area contributed by atoms with E-state index in [2.05, 4.69) is 43.2 Å². The second-order valence-corrected chi connectivity index (χ2v) is 7.05. The maximum Gasteiger partial charge on any atom is 0.126 e. The van der Waals surface area contributed by atoms with E-state index in [1.165, 1.54) is 24.8 Å². The molecule has 1 N–H and O–H groups in total. The van der Waals surface area contributed by atoms with Gasteiger partial charge in [-0.2, -0.15) is 0 Å². The molecule has 0 unspecified atom stereocenters. The first-order valence-corrected chi connectivity index (χ1v) is 7.79. The maximum absolute atomic E-state index is 6.20. The summed E-state index contributed by atoms with van der Waals surface area (Å²) in [7, 11) is 0. The molecule has 0 radical (unpaired) electrons. The minimum absolute atomic E-state index is 0.0516. The molecule has 0 bridgehead atoms. The standard InChI is InChI=1S/C16H25ClN2/c1-15(2,3)13-7-8-14(18-11-13)19-16(12-17)9-5-4-6-10-16/h7-8,11H,4-6,9-10,12H2,1-3H3,(H,18,19). The van der Waals surface area contributed by atoms with E-state index in [1.807, 2.05) is 6.20 Å². The normalized spacial score (nSPS) is 19.2. The maximum atomic E-state index is 6.20. The predicted molar refractivity (Wildman–Crippen MR) is 83.1 cm³/mol. The molecule has 2 nitrogen and oxygen atoms in total. The molecule has 0 amide bonds. The third-order valence-electron chi connectivity index (χ3n) is 4.09. The lowest BCUT2D eigenvalue weighted by molar-refractivity contribution is 0.352. The average Bonchev–Trinajstić information content (AvgIpc) is 2.39. The van der Waals surface area contributed by atoms with E-state index in [4.69, 9.17) is 11.6 Å². The number of hydrogen-bond acceptors (Lipinski definition) is 2. The van der Waals surface area contributed by atoms with E-state index in [0.717, 1.165) is 18.7 Å². The van der Waals surface area contributed by atoms with Crippen molar-refractivity contribution in [1.29, 1.82) is 0 Å². The molecule has 2 rings (SSSR count). The molecule has 1 heterocycles. The van der Waals surface area contributed by atoms with E-state index in [0.29, 0.717) is 5.88 Å². The minimum atomic E-state index is 0.0516. The highest BCUT2D eigenvalue weighted by atomic mass is 35.5. The van der Waals surface area contributed by atoms with Crippen LogP contribution in [0.4, 0.5) is 5.82 Å². The van der Waals surface area contributed by atoms with Crippen LogP contribution < -0.4 is 5.32 Å². The van der Waals surface area contributed by atoms with Crippen molar-refractivity contribution >= 4 is 17.4 Å².